The van der Waals surface area contributed by atoms with E-state index in [1.54, 1.807) is 17.0 Å². The Labute approximate surface area is 124 Å². The largest absolute Gasteiger partial charge is 0.493 e. The predicted octanol–water partition coefficient (Wildman–Crippen LogP) is 1.31. The number of methoxy groups -OCH3 is 3. The zero-order valence-electron chi connectivity index (χ0n) is 12.6. The first-order chi connectivity index (χ1) is 10.2. The number of nitrogens with zero attached hydrogens (tertiary/aromatic N) is 1. The van der Waals surface area contributed by atoms with Crippen molar-refractivity contribution in [3.63, 3.8) is 0 Å². The molecule has 1 aliphatic rings. The van der Waals surface area contributed by atoms with Gasteiger partial charge in [-0.05, 0) is 25.0 Å². The molecule has 1 saturated heterocycles. The second kappa shape index (κ2) is 6.67. The number of hydrogen-bond donors (Lipinski definition) is 1. The summed E-state index contributed by atoms with van der Waals surface area (Å²) in [6.45, 7) is 0.614. The molecule has 0 radical (unpaired) electrons. The quantitative estimate of drug-likeness (QED) is 0.887. The molecule has 1 heterocycles. The van der Waals surface area contributed by atoms with Crippen molar-refractivity contribution in [3.05, 3.63) is 17.7 Å². The van der Waals surface area contributed by atoms with Crippen LogP contribution in [0.5, 0.6) is 17.2 Å². The first-order valence-electron chi connectivity index (χ1n) is 6.88. The number of carbonyl (C=O) groups is 1. The minimum atomic E-state index is -0.163. The van der Waals surface area contributed by atoms with Crippen LogP contribution in [0.3, 0.4) is 0 Å². The first-order valence-corrected chi connectivity index (χ1v) is 6.88. The number of aliphatic hydroxyl groups is 1. The van der Waals surface area contributed by atoms with E-state index in [0.29, 0.717) is 29.4 Å². The molecule has 6 heteroatoms. The van der Waals surface area contributed by atoms with Crippen LogP contribution in [0.15, 0.2) is 12.1 Å². The Morgan fingerprint density at radius 1 is 1.24 bits per heavy atom. The number of rotatable bonds is 5. The van der Waals surface area contributed by atoms with Crippen molar-refractivity contribution >= 4 is 5.91 Å². The van der Waals surface area contributed by atoms with Gasteiger partial charge in [0.1, 0.15) is 0 Å². The molecular formula is C15H21NO5. The van der Waals surface area contributed by atoms with Crippen LogP contribution in [0.4, 0.5) is 0 Å². The molecule has 1 N–H and O–H groups in total. The smallest absolute Gasteiger partial charge is 0.258 e. The van der Waals surface area contributed by atoms with Crippen LogP contribution in [-0.4, -0.2) is 56.4 Å². The van der Waals surface area contributed by atoms with Crippen LogP contribution < -0.4 is 14.2 Å². The summed E-state index contributed by atoms with van der Waals surface area (Å²) in [5, 5.41) is 9.37. The average molecular weight is 295 g/mol. The fourth-order valence-electron chi connectivity index (χ4n) is 2.72. The molecule has 1 atom stereocenters. The van der Waals surface area contributed by atoms with Crippen molar-refractivity contribution in [1.29, 1.82) is 0 Å². The number of hydrogen-bond acceptors (Lipinski definition) is 5. The summed E-state index contributed by atoms with van der Waals surface area (Å²) in [4.78, 5) is 14.4. The molecule has 0 spiro atoms. The molecule has 1 fully saturated rings. The highest BCUT2D eigenvalue weighted by Gasteiger charge is 2.31. The summed E-state index contributed by atoms with van der Waals surface area (Å²) in [7, 11) is 4.52. The minimum Gasteiger partial charge on any atom is -0.493 e. The third-order valence-corrected chi connectivity index (χ3v) is 3.78. The number of benzene rings is 1. The van der Waals surface area contributed by atoms with Crippen molar-refractivity contribution in [3.8, 4) is 17.2 Å². The molecule has 21 heavy (non-hydrogen) atoms. The molecule has 0 bridgehead atoms. The normalized spacial score (nSPS) is 17.7. The summed E-state index contributed by atoms with van der Waals surface area (Å²) in [5.41, 5.74) is 0.413. The van der Waals surface area contributed by atoms with Crippen LogP contribution in [-0.2, 0) is 0 Å². The van der Waals surface area contributed by atoms with Gasteiger partial charge < -0.3 is 24.2 Å². The number of aliphatic hydroxyl groups excluding tert-OH is 1. The highest BCUT2D eigenvalue weighted by molar-refractivity contribution is 5.98. The van der Waals surface area contributed by atoms with Gasteiger partial charge in [-0.25, -0.2) is 0 Å². The molecule has 1 aromatic rings. The van der Waals surface area contributed by atoms with Gasteiger partial charge in [-0.1, -0.05) is 0 Å². The molecule has 0 aliphatic carbocycles. The Hall–Kier alpha value is -1.95. The lowest BCUT2D eigenvalue weighted by Crippen LogP contribution is -2.37. The SMILES string of the molecule is COc1ccc(C(=O)N2CCC[C@@H]2CO)c(OC)c1OC. The van der Waals surface area contributed by atoms with E-state index in [1.165, 1.54) is 21.3 Å². The number of amides is 1. The molecule has 0 aromatic heterocycles. The van der Waals surface area contributed by atoms with E-state index in [4.69, 9.17) is 14.2 Å². The third-order valence-electron chi connectivity index (χ3n) is 3.78. The molecule has 1 aromatic carbocycles. The molecule has 116 valence electrons. The molecule has 0 unspecified atom stereocenters. The fourth-order valence-corrected chi connectivity index (χ4v) is 2.72. The second-order valence-corrected chi connectivity index (χ2v) is 4.86. The van der Waals surface area contributed by atoms with E-state index in [0.717, 1.165) is 12.8 Å². The van der Waals surface area contributed by atoms with E-state index < -0.39 is 0 Å². The van der Waals surface area contributed by atoms with Gasteiger partial charge in [0.05, 0.1) is 39.5 Å². The average Bonchev–Trinajstić information content (AvgIpc) is 3.00. The Bertz CT molecular complexity index is 517. The number of likely N-dealkylation sites (tertiary alicyclic amines) is 1. The summed E-state index contributed by atoms with van der Waals surface area (Å²) in [6, 6.07) is 3.21. The summed E-state index contributed by atoms with van der Waals surface area (Å²) in [5.74, 6) is 1.09. The maximum atomic E-state index is 12.7. The van der Waals surface area contributed by atoms with Crippen LogP contribution in [0.1, 0.15) is 23.2 Å². The topological polar surface area (TPSA) is 68.2 Å². The fraction of sp³-hybridized carbons (Fsp3) is 0.533. The summed E-state index contributed by atoms with van der Waals surface area (Å²) < 4.78 is 15.9. The molecule has 6 nitrogen and oxygen atoms in total. The van der Waals surface area contributed by atoms with Crippen molar-refractivity contribution in [2.24, 2.45) is 0 Å². The van der Waals surface area contributed by atoms with Crippen LogP contribution in [0.25, 0.3) is 0 Å². The summed E-state index contributed by atoms with van der Waals surface area (Å²) >= 11 is 0. The lowest BCUT2D eigenvalue weighted by atomic mass is 10.1. The van der Waals surface area contributed by atoms with Gasteiger partial charge in [0.2, 0.25) is 5.75 Å². The Morgan fingerprint density at radius 2 is 1.95 bits per heavy atom. The molecule has 0 saturated carbocycles. The van der Waals surface area contributed by atoms with Crippen molar-refractivity contribution in [2.75, 3.05) is 34.5 Å². The standard InChI is InChI=1S/C15H21NO5/c1-19-12-7-6-11(13(20-2)14(12)21-3)15(18)16-8-4-5-10(16)9-17/h6-7,10,17H,4-5,8-9H2,1-3H3/t10-/m1/s1. The molecule has 1 aliphatic heterocycles. The second-order valence-electron chi connectivity index (χ2n) is 4.86. The van der Waals surface area contributed by atoms with Crippen molar-refractivity contribution in [2.45, 2.75) is 18.9 Å². The zero-order chi connectivity index (χ0) is 15.4. The Morgan fingerprint density at radius 3 is 2.52 bits per heavy atom. The van der Waals surface area contributed by atoms with Gasteiger partial charge in [0, 0.05) is 6.54 Å². The third kappa shape index (κ3) is 2.76. The van der Waals surface area contributed by atoms with Gasteiger partial charge in [-0.3, -0.25) is 4.79 Å². The number of ether oxygens (including phenoxy) is 3. The van der Waals surface area contributed by atoms with Crippen LogP contribution >= 0.6 is 0 Å². The maximum absolute atomic E-state index is 12.7. The monoisotopic (exact) mass is 295 g/mol. The van der Waals surface area contributed by atoms with Crippen LogP contribution in [0.2, 0.25) is 0 Å². The highest BCUT2D eigenvalue weighted by Crippen LogP contribution is 2.40. The van der Waals surface area contributed by atoms with E-state index in [2.05, 4.69) is 0 Å². The number of carbonyl (C=O) groups excluding carboxylic acids is 1. The predicted molar refractivity (Wildman–Crippen MR) is 77.2 cm³/mol. The van der Waals surface area contributed by atoms with Gasteiger partial charge in [0.25, 0.3) is 5.91 Å². The van der Waals surface area contributed by atoms with E-state index in [9.17, 15) is 9.90 Å². The zero-order valence-corrected chi connectivity index (χ0v) is 12.6. The van der Waals surface area contributed by atoms with Crippen molar-refractivity contribution in [1.82, 2.24) is 4.90 Å². The van der Waals surface area contributed by atoms with Gasteiger partial charge in [-0.2, -0.15) is 0 Å². The Balaban J connectivity index is 2.41. The van der Waals surface area contributed by atoms with E-state index in [1.807, 2.05) is 0 Å². The summed E-state index contributed by atoms with van der Waals surface area (Å²) in [6.07, 6.45) is 1.71. The van der Waals surface area contributed by atoms with E-state index >= 15 is 0 Å². The maximum Gasteiger partial charge on any atom is 0.258 e. The molecule has 1 amide bonds. The van der Waals surface area contributed by atoms with E-state index in [-0.39, 0.29) is 18.6 Å². The van der Waals surface area contributed by atoms with Gasteiger partial charge >= 0.3 is 0 Å². The van der Waals surface area contributed by atoms with Gasteiger partial charge in [0.15, 0.2) is 11.5 Å². The molecule has 2 rings (SSSR count). The molecular weight excluding hydrogens is 274 g/mol. The first kappa shape index (κ1) is 15.4. The highest BCUT2D eigenvalue weighted by atomic mass is 16.5. The Kier molecular flexibility index (Phi) is 4.90. The van der Waals surface area contributed by atoms with Crippen molar-refractivity contribution < 1.29 is 24.1 Å². The minimum absolute atomic E-state index is 0.0264. The van der Waals surface area contributed by atoms with Gasteiger partial charge in [-0.15, -0.1) is 0 Å². The lowest BCUT2D eigenvalue weighted by Gasteiger charge is -2.24. The lowest BCUT2D eigenvalue weighted by molar-refractivity contribution is 0.0673. The van der Waals surface area contributed by atoms with Crippen LogP contribution in [0, 0.1) is 0 Å².